The van der Waals surface area contributed by atoms with E-state index in [-0.39, 0.29) is 18.4 Å². The zero-order valence-electron chi connectivity index (χ0n) is 16.0. The molecule has 5 nitrogen and oxygen atoms in total. The predicted octanol–water partition coefficient (Wildman–Crippen LogP) is 3.22. The van der Waals surface area contributed by atoms with Crippen LogP contribution in [0, 0.1) is 0 Å². The van der Waals surface area contributed by atoms with Crippen LogP contribution in [0.15, 0.2) is 54.6 Å². The summed E-state index contributed by atoms with van der Waals surface area (Å²) in [5.41, 5.74) is 8.44. The second-order valence-electron chi connectivity index (χ2n) is 7.88. The van der Waals surface area contributed by atoms with Crippen LogP contribution < -0.4 is 10.6 Å². The van der Waals surface area contributed by atoms with E-state index in [4.69, 9.17) is 10.5 Å². The van der Waals surface area contributed by atoms with Crippen LogP contribution in [-0.2, 0) is 14.3 Å². The summed E-state index contributed by atoms with van der Waals surface area (Å²) in [5, 5.41) is 0. The molecular formula is C22H26N2O3. The molecule has 0 aromatic heterocycles. The van der Waals surface area contributed by atoms with Gasteiger partial charge >= 0.3 is 5.97 Å². The monoisotopic (exact) mass is 366 g/mol. The Morgan fingerprint density at radius 3 is 2.41 bits per heavy atom. The zero-order chi connectivity index (χ0) is 19.6. The van der Waals surface area contributed by atoms with Gasteiger partial charge < -0.3 is 10.5 Å². The molecule has 27 heavy (non-hydrogen) atoms. The number of anilines is 1. The summed E-state index contributed by atoms with van der Waals surface area (Å²) < 4.78 is 5.42. The van der Waals surface area contributed by atoms with Crippen LogP contribution in [0.5, 0.6) is 0 Å². The molecule has 1 aliphatic rings. The van der Waals surface area contributed by atoms with Crippen LogP contribution in [-0.4, -0.2) is 30.1 Å². The van der Waals surface area contributed by atoms with Crippen molar-refractivity contribution < 1.29 is 14.3 Å². The molecule has 1 amide bonds. The van der Waals surface area contributed by atoms with E-state index in [0.717, 1.165) is 16.8 Å². The molecule has 1 aliphatic heterocycles. The lowest BCUT2D eigenvalue weighted by Gasteiger charge is -2.26. The molecule has 0 bridgehead atoms. The molecule has 3 rings (SSSR count). The summed E-state index contributed by atoms with van der Waals surface area (Å²) in [4.78, 5) is 26.8. The van der Waals surface area contributed by atoms with Gasteiger partial charge in [-0.3, -0.25) is 14.5 Å². The molecule has 2 atom stereocenters. The average Bonchev–Trinajstić information content (AvgIpc) is 2.72. The van der Waals surface area contributed by atoms with Crippen molar-refractivity contribution in [1.82, 2.24) is 0 Å². The third-order valence-electron chi connectivity index (χ3n) is 4.59. The fourth-order valence-corrected chi connectivity index (χ4v) is 3.50. The first kappa shape index (κ1) is 19.1. The lowest BCUT2D eigenvalue weighted by molar-refractivity contribution is -0.153. The standard InChI is InChI=1S/C22H26N2O3/c1-22(2,3)27-20(25)14-24-19-12-8-7-11-16(19)17(13-18(23)21(24)26)15-9-5-4-6-10-15/h4-12,17-18H,13-14,23H2,1-3H3/t17-,18-/m1/s1. The number of rotatable bonds is 3. The van der Waals surface area contributed by atoms with Crippen molar-refractivity contribution >= 4 is 17.6 Å². The average molecular weight is 366 g/mol. The van der Waals surface area contributed by atoms with Gasteiger partial charge in [-0.25, -0.2) is 0 Å². The van der Waals surface area contributed by atoms with Gasteiger partial charge in [-0.2, -0.15) is 0 Å². The second kappa shape index (κ2) is 7.53. The van der Waals surface area contributed by atoms with E-state index in [1.807, 2.05) is 54.6 Å². The van der Waals surface area contributed by atoms with Gasteiger partial charge in [0.15, 0.2) is 0 Å². The second-order valence-corrected chi connectivity index (χ2v) is 7.88. The third kappa shape index (κ3) is 4.37. The number of para-hydroxylation sites is 1. The summed E-state index contributed by atoms with van der Waals surface area (Å²) in [6, 6.07) is 17.0. The molecule has 0 saturated carbocycles. The molecule has 2 aromatic rings. The molecule has 0 saturated heterocycles. The Labute approximate surface area is 160 Å². The zero-order valence-corrected chi connectivity index (χ0v) is 16.0. The normalized spacial score (nSPS) is 20.0. The van der Waals surface area contributed by atoms with Crippen molar-refractivity contribution in [2.24, 2.45) is 5.73 Å². The molecule has 142 valence electrons. The third-order valence-corrected chi connectivity index (χ3v) is 4.59. The minimum absolute atomic E-state index is 0.00927. The number of carbonyl (C=O) groups is 2. The van der Waals surface area contributed by atoms with Gasteiger partial charge in [0, 0.05) is 11.6 Å². The highest BCUT2D eigenvalue weighted by Crippen LogP contribution is 2.38. The Hall–Kier alpha value is -2.66. The molecular weight excluding hydrogens is 340 g/mol. The number of nitrogens with zero attached hydrogens (tertiary/aromatic N) is 1. The number of benzene rings is 2. The quantitative estimate of drug-likeness (QED) is 0.847. The van der Waals surface area contributed by atoms with Gasteiger partial charge in [0.2, 0.25) is 5.91 Å². The smallest absolute Gasteiger partial charge is 0.326 e. The van der Waals surface area contributed by atoms with Gasteiger partial charge in [-0.05, 0) is 44.4 Å². The Bertz CT molecular complexity index is 827. The molecule has 0 fully saturated rings. The van der Waals surface area contributed by atoms with E-state index in [2.05, 4.69) is 0 Å². The molecule has 0 radical (unpaired) electrons. The van der Waals surface area contributed by atoms with Crippen LogP contribution in [0.2, 0.25) is 0 Å². The molecule has 1 heterocycles. The maximum Gasteiger partial charge on any atom is 0.326 e. The van der Waals surface area contributed by atoms with Crippen LogP contribution in [0.3, 0.4) is 0 Å². The minimum atomic E-state index is -0.690. The van der Waals surface area contributed by atoms with Crippen LogP contribution >= 0.6 is 0 Å². The first-order chi connectivity index (χ1) is 12.8. The van der Waals surface area contributed by atoms with Crippen molar-refractivity contribution in [3.8, 4) is 0 Å². The molecule has 2 N–H and O–H groups in total. The first-order valence-electron chi connectivity index (χ1n) is 9.19. The van der Waals surface area contributed by atoms with Crippen LogP contribution in [0.4, 0.5) is 5.69 Å². The number of ether oxygens (including phenoxy) is 1. The number of fused-ring (bicyclic) bond motifs is 1. The predicted molar refractivity (Wildman–Crippen MR) is 106 cm³/mol. The van der Waals surface area contributed by atoms with Crippen molar-refractivity contribution in [3.05, 3.63) is 65.7 Å². The topological polar surface area (TPSA) is 72.6 Å². The highest BCUT2D eigenvalue weighted by Gasteiger charge is 2.35. The van der Waals surface area contributed by atoms with E-state index in [1.165, 1.54) is 4.90 Å². The lowest BCUT2D eigenvalue weighted by atomic mass is 9.86. The molecule has 2 aromatic carbocycles. The SMILES string of the molecule is CC(C)(C)OC(=O)CN1C(=O)[C@H](N)C[C@H](c2ccccc2)c2ccccc21. The van der Waals surface area contributed by atoms with Crippen LogP contribution in [0.25, 0.3) is 0 Å². The molecule has 0 aliphatic carbocycles. The maximum absolute atomic E-state index is 13.0. The number of carbonyl (C=O) groups excluding carboxylic acids is 2. The highest BCUT2D eigenvalue weighted by atomic mass is 16.6. The molecule has 0 spiro atoms. The maximum atomic E-state index is 13.0. The summed E-state index contributed by atoms with van der Waals surface area (Å²) in [6.07, 6.45) is 0.491. The van der Waals surface area contributed by atoms with Crippen molar-refractivity contribution in [2.75, 3.05) is 11.4 Å². The van der Waals surface area contributed by atoms with Gasteiger partial charge in [0.05, 0.1) is 6.04 Å². The first-order valence-corrected chi connectivity index (χ1v) is 9.19. The molecule has 5 heteroatoms. The lowest BCUT2D eigenvalue weighted by Crippen LogP contribution is -2.46. The van der Waals surface area contributed by atoms with E-state index in [9.17, 15) is 9.59 Å². The van der Waals surface area contributed by atoms with Crippen molar-refractivity contribution in [2.45, 2.75) is 44.8 Å². The Kier molecular flexibility index (Phi) is 5.33. The Balaban J connectivity index is 2.00. The van der Waals surface area contributed by atoms with E-state index in [0.29, 0.717) is 6.42 Å². The largest absolute Gasteiger partial charge is 0.459 e. The Morgan fingerprint density at radius 1 is 1.11 bits per heavy atom. The summed E-state index contributed by atoms with van der Waals surface area (Å²) in [7, 11) is 0. The van der Waals surface area contributed by atoms with E-state index < -0.39 is 17.6 Å². The van der Waals surface area contributed by atoms with Gasteiger partial charge in [-0.15, -0.1) is 0 Å². The minimum Gasteiger partial charge on any atom is -0.459 e. The van der Waals surface area contributed by atoms with E-state index in [1.54, 1.807) is 20.8 Å². The van der Waals surface area contributed by atoms with E-state index >= 15 is 0 Å². The van der Waals surface area contributed by atoms with Gasteiger partial charge in [0.25, 0.3) is 0 Å². The number of esters is 1. The fraction of sp³-hybridized carbons (Fsp3) is 0.364. The number of hydrogen-bond acceptors (Lipinski definition) is 4. The van der Waals surface area contributed by atoms with Crippen LogP contribution in [0.1, 0.15) is 44.2 Å². The Morgan fingerprint density at radius 2 is 1.74 bits per heavy atom. The van der Waals surface area contributed by atoms with Crippen molar-refractivity contribution in [3.63, 3.8) is 0 Å². The molecule has 0 unspecified atom stereocenters. The fourth-order valence-electron chi connectivity index (χ4n) is 3.50. The summed E-state index contributed by atoms with van der Waals surface area (Å²) in [6.45, 7) is 5.27. The highest BCUT2D eigenvalue weighted by molar-refractivity contribution is 6.02. The van der Waals surface area contributed by atoms with Crippen molar-refractivity contribution in [1.29, 1.82) is 0 Å². The summed E-state index contributed by atoms with van der Waals surface area (Å²) in [5.74, 6) is -0.715. The van der Waals surface area contributed by atoms with Gasteiger partial charge in [-0.1, -0.05) is 48.5 Å². The number of amides is 1. The number of hydrogen-bond donors (Lipinski definition) is 1. The number of nitrogens with two attached hydrogens (primary N) is 1. The van der Waals surface area contributed by atoms with Gasteiger partial charge in [0.1, 0.15) is 12.1 Å². The summed E-state index contributed by atoms with van der Waals surface area (Å²) >= 11 is 0.